The first kappa shape index (κ1) is 19.2. The van der Waals surface area contributed by atoms with Gasteiger partial charge < -0.3 is 19.1 Å². The molecule has 3 aromatic rings. The van der Waals surface area contributed by atoms with E-state index in [9.17, 15) is 4.39 Å². The summed E-state index contributed by atoms with van der Waals surface area (Å²) in [5.41, 5.74) is 1.63. The predicted molar refractivity (Wildman–Crippen MR) is 109 cm³/mol. The number of ether oxygens (including phenoxy) is 3. The molecular weight excluding hydrogens is 389 g/mol. The largest absolute Gasteiger partial charge is 0.484 e. The van der Waals surface area contributed by atoms with Gasteiger partial charge in [0, 0.05) is 37.7 Å². The molecule has 2 aromatic heterocycles. The van der Waals surface area contributed by atoms with Gasteiger partial charge in [-0.2, -0.15) is 5.10 Å². The summed E-state index contributed by atoms with van der Waals surface area (Å²) >= 11 is 0. The minimum absolute atomic E-state index is 0.000139. The number of nitrogens with one attached hydrogen (secondary N) is 1. The van der Waals surface area contributed by atoms with Gasteiger partial charge in [-0.25, -0.2) is 14.4 Å². The standard InChI is InChI=1S/C21H24FN5O3/c1-21(3-4-21)30-18-7-14-16(8-15(18)22)25-26-20(14)17-9-19(24-12-23-17)27-5-6-29-13(10-27)11-28-2/h7-9,12-13H,3-6,10-11H2,1-2H3,(H,25,26). The van der Waals surface area contributed by atoms with Gasteiger partial charge in [0.25, 0.3) is 0 Å². The number of hydrogen-bond donors (Lipinski definition) is 1. The quantitative estimate of drug-likeness (QED) is 0.665. The molecular formula is C21H24FN5O3. The SMILES string of the molecule is COCC1CN(c2cc(-c3n[nH]c4cc(F)c(OC5(C)CC5)cc34)ncn2)CCO1. The molecule has 1 aliphatic heterocycles. The highest BCUT2D eigenvalue weighted by molar-refractivity contribution is 5.93. The number of fused-ring (bicyclic) bond motifs is 1. The Morgan fingerprint density at radius 1 is 1.30 bits per heavy atom. The number of morpholine rings is 1. The fourth-order valence-corrected chi connectivity index (χ4v) is 3.70. The number of aromatic amines is 1. The van der Waals surface area contributed by atoms with Crippen molar-refractivity contribution in [3.63, 3.8) is 0 Å². The summed E-state index contributed by atoms with van der Waals surface area (Å²) in [4.78, 5) is 11.0. The maximum atomic E-state index is 14.5. The van der Waals surface area contributed by atoms with Gasteiger partial charge in [-0.15, -0.1) is 0 Å². The number of hydrogen-bond acceptors (Lipinski definition) is 7. The van der Waals surface area contributed by atoms with E-state index in [1.807, 2.05) is 13.0 Å². The number of nitrogens with zero attached hydrogens (tertiary/aromatic N) is 4. The number of benzene rings is 1. The summed E-state index contributed by atoms with van der Waals surface area (Å²) in [5, 5.41) is 8.05. The topological polar surface area (TPSA) is 85.4 Å². The number of anilines is 1. The Morgan fingerprint density at radius 2 is 2.17 bits per heavy atom. The molecule has 8 nitrogen and oxygen atoms in total. The third-order valence-electron chi connectivity index (χ3n) is 5.64. The second kappa shape index (κ2) is 7.48. The molecule has 158 valence electrons. The van der Waals surface area contributed by atoms with Gasteiger partial charge in [0.2, 0.25) is 0 Å². The van der Waals surface area contributed by atoms with E-state index in [1.54, 1.807) is 13.2 Å². The molecule has 1 unspecified atom stereocenters. The van der Waals surface area contributed by atoms with Crippen molar-refractivity contribution < 1.29 is 18.6 Å². The highest BCUT2D eigenvalue weighted by atomic mass is 19.1. The zero-order valence-corrected chi connectivity index (χ0v) is 17.0. The van der Waals surface area contributed by atoms with Crippen LogP contribution in [-0.2, 0) is 9.47 Å². The lowest BCUT2D eigenvalue weighted by atomic mass is 10.1. The van der Waals surface area contributed by atoms with Crippen molar-refractivity contribution >= 4 is 16.7 Å². The highest BCUT2D eigenvalue weighted by Gasteiger charge is 2.40. The number of halogens is 1. The molecule has 0 spiro atoms. The van der Waals surface area contributed by atoms with Gasteiger partial charge in [-0.1, -0.05) is 0 Å². The average Bonchev–Trinajstić information content (AvgIpc) is 3.34. The molecule has 1 aromatic carbocycles. The van der Waals surface area contributed by atoms with E-state index in [0.717, 1.165) is 30.6 Å². The van der Waals surface area contributed by atoms with E-state index in [-0.39, 0.29) is 17.5 Å². The van der Waals surface area contributed by atoms with Crippen LogP contribution in [0.25, 0.3) is 22.3 Å². The Morgan fingerprint density at radius 3 is 2.97 bits per heavy atom. The second-order valence-electron chi connectivity index (χ2n) is 8.11. The molecule has 2 aliphatic rings. The lowest BCUT2D eigenvalue weighted by Gasteiger charge is -2.33. The molecule has 2 fully saturated rings. The van der Waals surface area contributed by atoms with E-state index in [4.69, 9.17) is 14.2 Å². The first-order valence-corrected chi connectivity index (χ1v) is 10.1. The van der Waals surface area contributed by atoms with Crippen molar-refractivity contribution in [2.45, 2.75) is 31.5 Å². The van der Waals surface area contributed by atoms with Crippen LogP contribution >= 0.6 is 0 Å². The third-order valence-corrected chi connectivity index (χ3v) is 5.64. The fourth-order valence-electron chi connectivity index (χ4n) is 3.70. The summed E-state index contributed by atoms with van der Waals surface area (Å²) in [6, 6.07) is 5.03. The van der Waals surface area contributed by atoms with Gasteiger partial charge in [-0.3, -0.25) is 5.10 Å². The molecule has 1 saturated carbocycles. The molecule has 1 saturated heterocycles. The molecule has 0 amide bonds. The summed E-state index contributed by atoms with van der Waals surface area (Å²) < 4.78 is 31.3. The number of rotatable bonds is 6. The summed E-state index contributed by atoms with van der Waals surface area (Å²) in [7, 11) is 1.66. The van der Waals surface area contributed by atoms with E-state index in [2.05, 4.69) is 25.1 Å². The van der Waals surface area contributed by atoms with Crippen LogP contribution in [0.15, 0.2) is 24.5 Å². The fraction of sp³-hybridized carbons (Fsp3) is 0.476. The molecule has 30 heavy (non-hydrogen) atoms. The van der Waals surface area contributed by atoms with Crippen LogP contribution in [0, 0.1) is 5.82 Å². The highest BCUT2D eigenvalue weighted by Crippen LogP contribution is 2.41. The number of aromatic nitrogens is 4. The maximum Gasteiger partial charge on any atom is 0.167 e. The van der Waals surface area contributed by atoms with Crippen molar-refractivity contribution in [1.29, 1.82) is 0 Å². The molecule has 0 radical (unpaired) electrons. The number of methoxy groups -OCH3 is 1. The molecule has 5 rings (SSSR count). The zero-order valence-electron chi connectivity index (χ0n) is 17.0. The van der Waals surface area contributed by atoms with Crippen LogP contribution in [0.5, 0.6) is 5.75 Å². The van der Waals surface area contributed by atoms with E-state index >= 15 is 0 Å². The van der Waals surface area contributed by atoms with Crippen molar-refractivity contribution in [3.05, 3.63) is 30.3 Å². The van der Waals surface area contributed by atoms with Gasteiger partial charge in [0.1, 0.15) is 23.4 Å². The van der Waals surface area contributed by atoms with Crippen LogP contribution in [-0.4, -0.2) is 65.3 Å². The predicted octanol–water partition coefficient (Wildman–Crippen LogP) is 2.94. The maximum absolute atomic E-state index is 14.5. The Labute approximate surface area is 173 Å². The first-order chi connectivity index (χ1) is 14.5. The summed E-state index contributed by atoms with van der Waals surface area (Å²) in [5.74, 6) is 0.645. The van der Waals surface area contributed by atoms with E-state index in [0.29, 0.717) is 36.7 Å². The molecule has 1 N–H and O–H groups in total. The van der Waals surface area contributed by atoms with Crippen molar-refractivity contribution in [3.8, 4) is 17.1 Å². The van der Waals surface area contributed by atoms with Crippen molar-refractivity contribution in [2.24, 2.45) is 0 Å². The Hall–Kier alpha value is -2.78. The molecule has 1 atom stereocenters. The van der Waals surface area contributed by atoms with Gasteiger partial charge in [0.15, 0.2) is 11.6 Å². The molecule has 9 heteroatoms. The van der Waals surface area contributed by atoms with Crippen molar-refractivity contribution in [1.82, 2.24) is 20.2 Å². The Bertz CT molecular complexity index is 1070. The van der Waals surface area contributed by atoms with Crippen molar-refractivity contribution in [2.75, 3.05) is 38.3 Å². The molecule has 1 aliphatic carbocycles. The minimum Gasteiger partial charge on any atom is -0.484 e. The van der Waals surface area contributed by atoms with Crippen LogP contribution in [0.3, 0.4) is 0 Å². The zero-order chi connectivity index (χ0) is 20.7. The van der Waals surface area contributed by atoms with Crippen LogP contribution in [0.4, 0.5) is 10.2 Å². The third kappa shape index (κ3) is 3.70. The smallest absolute Gasteiger partial charge is 0.167 e. The van der Waals surface area contributed by atoms with Gasteiger partial charge in [0.05, 0.1) is 30.5 Å². The van der Waals surface area contributed by atoms with Gasteiger partial charge in [-0.05, 0) is 25.8 Å². The normalized spacial score (nSPS) is 20.5. The van der Waals surface area contributed by atoms with Crippen LogP contribution < -0.4 is 9.64 Å². The minimum atomic E-state index is -0.397. The van der Waals surface area contributed by atoms with Gasteiger partial charge >= 0.3 is 0 Å². The summed E-state index contributed by atoms with van der Waals surface area (Å²) in [6.07, 6.45) is 3.39. The first-order valence-electron chi connectivity index (χ1n) is 10.1. The molecule has 0 bridgehead atoms. The van der Waals surface area contributed by atoms with E-state index in [1.165, 1.54) is 12.4 Å². The van der Waals surface area contributed by atoms with Crippen LogP contribution in [0.1, 0.15) is 19.8 Å². The van der Waals surface area contributed by atoms with E-state index < -0.39 is 5.82 Å². The second-order valence-corrected chi connectivity index (χ2v) is 8.11. The lowest BCUT2D eigenvalue weighted by Crippen LogP contribution is -2.44. The number of H-pyrrole nitrogens is 1. The lowest BCUT2D eigenvalue weighted by molar-refractivity contribution is -0.0102. The average molecular weight is 413 g/mol. The monoisotopic (exact) mass is 413 g/mol. The van der Waals surface area contributed by atoms with Crippen LogP contribution in [0.2, 0.25) is 0 Å². The summed E-state index contributed by atoms with van der Waals surface area (Å²) in [6.45, 7) is 4.55. The Kier molecular flexibility index (Phi) is 4.79. The Balaban J connectivity index is 1.47. The molecule has 3 heterocycles.